The van der Waals surface area contributed by atoms with Gasteiger partial charge in [-0.3, -0.25) is 4.90 Å². The third-order valence-corrected chi connectivity index (χ3v) is 3.50. The predicted octanol–water partition coefficient (Wildman–Crippen LogP) is 1.47. The van der Waals surface area contributed by atoms with Crippen LogP contribution in [0, 0.1) is 0 Å². The van der Waals surface area contributed by atoms with Crippen LogP contribution in [0.2, 0.25) is 0 Å². The molecule has 0 aliphatic heterocycles. The van der Waals surface area contributed by atoms with Crippen molar-refractivity contribution in [1.82, 2.24) is 15.5 Å². The number of hydrogen-bond acceptors (Lipinski definition) is 3. The number of hydrogen-bond donors (Lipinski definition) is 3. The monoisotopic (exact) mass is 311 g/mol. The van der Waals surface area contributed by atoms with Gasteiger partial charge in [0, 0.05) is 6.54 Å². The van der Waals surface area contributed by atoms with Gasteiger partial charge in [-0.05, 0) is 32.9 Å². The molecular formula is C13H24F3N3O2. The molecule has 0 aromatic heterocycles. The fourth-order valence-corrected chi connectivity index (χ4v) is 2.44. The SMILES string of the molecule is CN(CCCNC(=O)NC1CCCCC1O)CC(F)(F)F. The Morgan fingerprint density at radius 1 is 1.33 bits per heavy atom. The van der Waals surface area contributed by atoms with Gasteiger partial charge < -0.3 is 15.7 Å². The number of halogens is 3. The molecule has 2 unspecified atom stereocenters. The minimum absolute atomic E-state index is 0.230. The van der Waals surface area contributed by atoms with Crippen molar-refractivity contribution >= 4 is 6.03 Å². The third kappa shape index (κ3) is 8.11. The topological polar surface area (TPSA) is 64.6 Å². The predicted molar refractivity (Wildman–Crippen MR) is 73.0 cm³/mol. The summed E-state index contributed by atoms with van der Waals surface area (Å²) in [5.74, 6) is 0. The number of aliphatic hydroxyl groups is 1. The fraction of sp³-hybridized carbons (Fsp3) is 0.923. The molecular weight excluding hydrogens is 287 g/mol. The molecule has 0 aromatic rings. The van der Waals surface area contributed by atoms with Crippen LogP contribution in [-0.4, -0.2) is 61.0 Å². The molecule has 1 aliphatic rings. The number of alkyl halides is 3. The molecule has 1 rings (SSSR count). The molecule has 5 nitrogen and oxygen atoms in total. The van der Waals surface area contributed by atoms with E-state index >= 15 is 0 Å². The van der Waals surface area contributed by atoms with E-state index < -0.39 is 18.8 Å². The van der Waals surface area contributed by atoms with Crippen molar-refractivity contribution in [2.24, 2.45) is 0 Å². The number of amides is 2. The molecule has 0 aromatic carbocycles. The molecule has 8 heteroatoms. The van der Waals surface area contributed by atoms with Crippen molar-refractivity contribution in [3.63, 3.8) is 0 Å². The Balaban J connectivity index is 2.10. The van der Waals surface area contributed by atoms with Gasteiger partial charge >= 0.3 is 12.2 Å². The molecule has 21 heavy (non-hydrogen) atoms. The lowest BCUT2D eigenvalue weighted by Gasteiger charge is -2.28. The van der Waals surface area contributed by atoms with E-state index in [1.165, 1.54) is 11.9 Å². The molecule has 2 amide bonds. The van der Waals surface area contributed by atoms with Crippen LogP contribution in [0.4, 0.5) is 18.0 Å². The van der Waals surface area contributed by atoms with Gasteiger partial charge in [0.1, 0.15) is 0 Å². The van der Waals surface area contributed by atoms with Crippen molar-refractivity contribution < 1.29 is 23.1 Å². The molecule has 3 N–H and O–H groups in total. The van der Waals surface area contributed by atoms with Crippen LogP contribution in [0.1, 0.15) is 32.1 Å². The van der Waals surface area contributed by atoms with E-state index in [0.717, 1.165) is 19.3 Å². The smallest absolute Gasteiger partial charge is 0.391 e. The highest BCUT2D eigenvalue weighted by Gasteiger charge is 2.28. The van der Waals surface area contributed by atoms with E-state index in [2.05, 4.69) is 10.6 Å². The van der Waals surface area contributed by atoms with Gasteiger partial charge in [0.15, 0.2) is 0 Å². The number of carbonyl (C=O) groups excluding carboxylic acids is 1. The van der Waals surface area contributed by atoms with Gasteiger partial charge in [-0.2, -0.15) is 13.2 Å². The first kappa shape index (κ1) is 18.0. The number of urea groups is 1. The molecule has 124 valence electrons. The Morgan fingerprint density at radius 3 is 2.62 bits per heavy atom. The van der Waals surface area contributed by atoms with Crippen molar-refractivity contribution in [2.75, 3.05) is 26.7 Å². The summed E-state index contributed by atoms with van der Waals surface area (Å²) in [6.45, 7) is -0.393. The van der Waals surface area contributed by atoms with E-state index in [1.54, 1.807) is 0 Å². The normalized spacial score (nSPS) is 23.1. The number of aliphatic hydroxyl groups excluding tert-OH is 1. The second-order valence-electron chi connectivity index (χ2n) is 5.57. The summed E-state index contributed by atoms with van der Waals surface area (Å²) >= 11 is 0. The van der Waals surface area contributed by atoms with E-state index in [1.807, 2.05) is 0 Å². The minimum Gasteiger partial charge on any atom is -0.391 e. The molecule has 1 fully saturated rings. The van der Waals surface area contributed by atoms with Crippen LogP contribution in [0.15, 0.2) is 0 Å². The van der Waals surface area contributed by atoms with Crippen LogP contribution in [0.25, 0.3) is 0 Å². The van der Waals surface area contributed by atoms with Crippen LogP contribution in [0.5, 0.6) is 0 Å². The maximum absolute atomic E-state index is 12.1. The summed E-state index contributed by atoms with van der Waals surface area (Å²) in [6, 6.07) is -0.605. The lowest BCUT2D eigenvalue weighted by atomic mass is 9.93. The summed E-state index contributed by atoms with van der Waals surface area (Å²) in [7, 11) is 1.39. The second kappa shape index (κ2) is 8.43. The van der Waals surface area contributed by atoms with Crippen LogP contribution in [0.3, 0.4) is 0 Å². The highest BCUT2D eigenvalue weighted by molar-refractivity contribution is 5.74. The van der Waals surface area contributed by atoms with Crippen molar-refractivity contribution in [2.45, 2.75) is 50.4 Å². The second-order valence-corrected chi connectivity index (χ2v) is 5.57. The molecule has 0 spiro atoms. The molecule has 0 radical (unpaired) electrons. The van der Waals surface area contributed by atoms with Gasteiger partial charge in [0.25, 0.3) is 0 Å². The summed E-state index contributed by atoms with van der Waals surface area (Å²) in [4.78, 5) is 12.8. The van der Waals surface area contributed by atoms with E-state index in [9.17, 15) is 23.1 Å². The molecule has 1 saturated carbocycles. The fourth-order valence-electron chi connectivity index (χ4n) is 2.44. The number of nitrogens with one attached hydrogen (secondary N) is 2. The number of rotatable bonds is 6. The minimum atomic E-state index is -4.20. The first-order valence-electron chi connectivity index (χ1n) is 7.25. The summed E-state index contributed by atoms with van der Waals surface area (Å²) < 4.78 is 36.3. The van der Waals surface area contributed by atoms with Gasteiger partial charge in [0.05, 0.1) is 18.7 Å². The van der Waals surface area contributed by atoms with Gasteiger partial charge in [0.2, 0.25) is 0 Å². The summed E-state index contributed by atoms with van der Waals surface area (Å²) in [5, 5.41) is 15.0. The summed E-state index contributed by atoms with van der Waals surface area (Å²) in [5.41, 5.74) is 0. The van der Waals surface area contributed by atoms with Crippen LogP contribution < -0.4 is 10.6 Å². The molecule has 0 bridgehead atoms. The Labute approximate surface area is 122 Å². The van der Waals surface area contributed by atoms with Gasteiger partial charge in [-0.25, -0.2) is 4.79 Å². The molecule has 0 saturated heterocycles. The Morgan fingerprint density at radius 2 is 2.00 bits per heavy atom. The Hall–Kier alpha value is -1.02. The van der Waals surface area contributed by atoms with Crippen molar-refractivity contribution in [1.29, 1.82) is 0 Å². The maximum atomic E-state index is 12.1. The lowest BCUT2D eigenvalue weighted by Crippen LogP contribution is -2.49. The van der Waals surface area contributed by atoms with Crippen molar-refractivity contribution in [3.05, 3.63) is 0 Å². The zero-order valence-electron chi connectivity index (χ0n) is 12.2. The number of nitrogens with zero attached hydrogens (tertiary/aromatic N) is 1. The largest absolute Gasteiger partial charge is 0.401 e. The first-order valence-corrected chi connectivity index (χ1v) is 7.25. The highest BCUT2D eigenvalue weighted by Crippen LogP contribution is 2.18. The zero-order chi connectivity index (χ0) is 15.9. The maximum Gasteiger partial charge on any atom is 0.401 e. The number of carbonyl (C=O) groups is 1. The summed E-state index contributed by atoms with van der Waals surface area (Å²) in [6.07, 6.45) is -0.890. The first-order chi connectivity index (χ1) is 9.78. The average Bonchev–Trinajstić information content (AvgIpc) is 2.35. The van der Waals surface area contributed by atoms with Gasteiger partial charge in [-0.15, -0.1) is 0 Å². The van der Waals surface area contributed by atoms with E-state index in [0.29, 0.717) is 19.4 Å². The van der Waals surface area contributed by atoms with E-state index in [-0.39, 0.29) is 18.6 Å². The van der Waals surface area contributed by atoms with Crippen molar-refractivity contribution in [3.8, 4) is 0 Å². The molecule has 1 aliphatic carbocycles. The Kier molecular flexibility index (Phi) is 7.24. The average molecular weight is 311 g/mol. The zero-order valence-corrected chi connectivity index (χ0v) is 12.2. The van der Waals surface area contributed by atoms with E-state index in [4.69, 9.17) is 0 Å². The molecule has 2 atom stereocenters. The lowest BCUT2D eigenvalue weighted by molar-refractivity contribution is -0.143. The van der Waals surface area contributed by atoms with Gasteiger partial charge in [-0.1, -0.05) is 12.8 Å². The van der Waals surface area contributed by atoms with Crippen LogP contribution >= 0.6 is 0 Å². The third-order valence-electron chi connectivity index (χ3n) is 3.50. The molecule has 0 heterocycles. The Bertz CT molecular complexity index is 326. The quantitative estimate of drug-likeness (QED) is 0.651. The standard InChI is InChI=1S/C13H24F3N3O2/c1-19(9-13(14,15)16)8-4-7-17-12(21)18-10-5-2-3-6-11(10)20/h10-11,20H,2-9H2,1H3,(H2,17,18,21). The highest BCUT2D eigenvalue weighted by atomic mass is 19.4. The van der Waals surface area contributed by atoms with Crippen LogP contribution in [-0.2, 0) is 0 Å².